The minimum atomic E-state index is -0.0850. The number of aliphatic hydroxyl groups excluding tert-OH is 1. The number of fused-ring (bicyclic) bond motifs is 5. The van der Waals surface area contributed by atoms with E-state index in [1.165, 1.54) is 37.7 Å². The summed E-state index contributed by atoms with van der Waals surface area (Å²) in [6.45, 7) is 2.52. The fourth-order valence-corrected chi connectivity index (χ4v) is 6.79. The first-order valence-electron chi connectivity index (χ1n) is 10.1. The monoisotopic (exact) mass is 335 g/mol. The maximum absolute atomic E-state index is 10.0. The molecule has 4 aliphatic carbocycles. The molecule has 4 aliphatic rings. The number of nitrogens with zero attached hydrogens (tertiary/aromatic N) is 1. The predicted molar refractivity (Wildman–Crippen MR) is 101 cm³/mol. The number of aliphatic hydroxyl groups is 1. The van der Waals surface area contributed by atoms with Crippen LogP contribution in [0, 0.1) is 29.1 Å². The van der Waals surface area contributed by atoms with E-state index in [4.69, 9.17) is 0 Å². The standard InChI is InChI=1S/C23H29NO/c1-23-11-10-19-18-7-5-17(25)13-15(18)4-6-20(19)22(23)9-8-21(23)16-3-2-12-24-14-16/h2-4,8,12,14,17-20,22,25H,5-7,9-11,13H2,1H3/t17-,18?,19+,20+,22-,23+/m0/s1. The van der Waals surface area contributed by atoms with Gasteiger partial charge in [-0.05, 0) is 91.2 Å². The maximum Gasteiger partial charge on any atom is 0.0577 e. The van der Waals surface area contributed by atoms with E-state index >= 15 is 0 Å². The Morgan fingerprint density at radius 3 is 2.88 bits per heavy atom. The molecule has 5 rings (SSSR count). The van der Waals surface area contributed by atoms with Gasteiger partial charge in [0.05, 0.1) is 6.10 Å². The molecule has 0 aliphatic heterocycles. The van der Waals surface area contributed by atoms with E-state index in [0.29, 0.717) is 5.41 Å². The SMILES string of the molecule is C[C@]12CC[C@@H]3C4CC[C@H](O)CC4=CC[C@H]3[C@@H]1CC=C2c1cccnc1. The van der Waals surface area contributed by atoms with Gasteiger partial charge >= 0.3 is 0 Å². The number of allylic oxidation sites excluding steroid dienone is 3. The molecule has 2 saturated carbocycles. The molecule has 0 saturated heterocycles. The summed E-state index contributed by atoms with van der Waals surface area (Å²) < 4.78 is 0. The Bertz CT molecular complexity index is 721. The molecule has 0 spiro atoms. The third-order valence-corrected chi connectivity index (χ3v) is 7.97. The second-order valence-corrected chi connectivity index (χ2v) is 9.04. The first kappa shape index (κ1) is 15.8. The highest BCUT2D eigenvalue weighted by atomic mass is 16.3. The van der Waals surface area contributed by atoms with E-state index in [-0.39, 0.29) is 6.10 Å². The number of rotatable bonds is 1. The molecule has 6 atom stereocenters. The van der Waals surface area contributed by atoms with Crippen LogP contribution < -0.4 is 0 Å². The van der Waals surface area contributed by atoms with Crippen molar-refractivity contribution in [2.24, 2.45) is 29.1 Å². The fourth-order valence-electron chi connectivity index (χ4n) is 6.79. The van der Waals surface area contributed by atoms with Crippen molar-refractivity contribution in [2.75, 3.05) is 0 Å². The van der Waals surface area contributed by atoms with Crippen LogP contribution in [0.1, 0.15) is 57.4 Å². The quantitative estimate of drug-likeness (QED) is 0.732. The third kappa shape index (κ3) is 2.37. The summed E-state index contributed by atoms with van der Waals surface area (Å²) in [7, 11) is 0. The normalized spacial score (nSPS) is 42.7. The minimum absolute atomic E-state index is 0.0850. The summed E-state index contributed by atoms with van der Waals surface area (Å²) in [5.41, 5.74) is 4.79. The van der Waals surface area contributed by atoms with E-state index < -0.39 is 0 Å². The smallest absolute Gasteiger partial charge is 0.0577 e. The molecule has 132 valence electrons. The van der Waals surface area contributed by atoms with Crippen LogP contribution in [0.3, 0.4) is 0 Å². The first-order chi connectivity index (χ1) is 12.2. The Balaban J connectivity index is 1.44. The second-order valence-electron chi connectivity index (χ2n) is 9.04. The van der Waals surface area contributed by atoms with E-state index in [0.717, 1.165) is 36.5 Å². The van der Waals surface area contributed by atoms with Crippen LogP contribution in [0.15, 0.2) is 42.3 Å². The first-order valence-corrected chi connectivity index (χ1v) is 10.1. The van der Waals surface area contributed by atoms with Crippen LogP contribution in [0.5, 0.6) is 0 Å². The Hall–Kier alpha value is -1.41. The van der Waals surface area contributed by atoms with Crippen molar-refractivity contribution in [1.29, 1.82) is 0 Å². The van der Waals surface area contributed by atoms with Crippen molar-refractivity contribution in [3.63, 3.8) is 0 Å². The zero-order valence-electron chi connectivity index (χ0n) is 15.2. The maximum atomic E-state index is 10.0. The van der Waals surface area contributed by atoms with Crippen LogP contribution in [0.2, 0.25) is 0 Å². The van der Waals surface area contributed by atoms with Gasteiger partial charge in [-0.1, -0.05) is 30.7 Å². The van der Waals surface area contributed by atoms with Crippen LogP contribution in [-0.2, 0) is 0 Å². The summed E-state index contributed by atoms with van der Waals surface area (Å²) in [6, 6.07) is 4.31. The van der Waals surface area contributed by atoms with E-state index in [1.54, 1.807) is 11.1 Å². The Kier molecular flexibility index (Phi) is 3.67. The van der Waals surface area contributed by atoms with Crippen molar-refractivity contribution in [3.05, 3.63) is 47.8 Å². The highest BCUT2D eigenvalue weighted by Gasteiger charge is 2.53. The largest absolute Gasteiger partial charge is 0.393 e. The topological polar surface area (TPSA) is 33.1 Å². The zero-order valence-corrected chi connectivity index (χ0v) is 15.2. The lowest BCUT2D eigenvalue weighted by atomic mass is 9.51. The van der Waals surface area contributed by atoms with Crippen LogP contribution >= 0.6 is 0 Å². The molecule has 1 aromatic rings. The molecule has 1 heterocycles. The molecule has 2 nitrogen and oxygen atoms in total. The van der Waals surface area contributed by atoms with Crippen molar-refractivity contribution in [1.82, 2.24) is 4.98 Å². The molecule has 0 amide bonds. The van der Waals surface area contributed by atoms with E-state index in [9.17, 15) is 5.11 Å². The molecule has 1 aromatic heterocycles. The average molecular weight is 335 g/mol. The van der Waals surface area contributed by atoms with E-state index in [2.05, 4.69) is 36.2 Å². The van der Waals surface area contributed by atoms with Gasteiger partial charge in [0.1, 0.15) is 0 Å². The zero-order chi connectivity index (χ0) is 17.0. The highest BCUT2D eigenvalue weighted by molar-refractivity contribution is 5.72. The summed E-state index contributed by atoms with van der Waals surface area (Å²) in [6.07, 6.45) is 17.2. The molecule has 1 N–H and O–H groups in total. The lowest BCUT2D eigenvalue weighted by Crippen LogP contribution is -2.45. The lowest BCUT2D eigenvalue weighted by molar-refractivity contribution is 0.0183. The third-order valence-electron chi connectivity index (χ3n) is 7.97. The number of hydrogen-bond donors (Lipinski definition) is 1. The molecule has 1 unspecified atom stereocenters. The molecule has 25 heavy (non-hydrogen) atoms. The van der Waals surface area contributed by atoms with Crippen molar-refractivity contribution in [2.45, 2.75) is 58.0 Å². The van der Waals surface area contributed by atoms with Gasteiger partial charge in [-0.3, -0.25) is 4.98 Å². The van der Waals surface area contributed by atoms with Gasteiger partial charge in [0, 0.05) is 12.4 Å². The van der Waals surface area contributed by atoms with Crippen LogP contribution in [-0.4, -0.2) is 16.2 Å². The Labute approximate surface area is 151 Å². The molecular formula is C23H29NO. The van der Waals surface area contributed by atoms with Crippen molar-refractivity contribution >= 4 is 5.57 Å². The predicted octanol–water partition coefficient (Wildman–Crippen LogP) is 5.01. The van der Waals surface area contributed by atoms with Gasteiger partial charge in [0.15, 0.2) is 0 Å². The molecule has 0 radical (unpaired) electrons. The average Bonchev–Trinajstić information content (AvgIpc) is 2.99. The van der Waals surface area contributed by atoms with Gasteiger partial charge in [0.2, 0.25) is 0 Å². The summed E-state index contributed by atoms with van der Waals surface area (Å²) >= 11 is 0. The second kappa shape index (κ2) is 5.81. The van der Waals surface area contributed by atoms with Gasteiger partial charge in [-0.25, -0.2) is 0 Å². The Morgan fingerprint density at radius 2 is 2.04 bits per heavy atom. The van der Waals surface area contributed by atoms with Gasteiger partial charge in [-0.2, -0.15) is 0 Å². The number of aromatic nitrogens is 1. The highest BCUT2D eigenvalue weighted by Crippen LogP contribution is 2.63. The van der Waals surface area contributed by atoms with Gasteiger partial charge in [-0.15, -0.1) is 0 Å². The van der Waals surface area contributed by atoms with Gasteiger partial charge < -0.3 is 5.11 Å². The molecule has 2 fully saturated rings. The molecular weight excluding hydrogens is 306 g/mol. The van der Waals surface area contributed by atoms with Gasteiger partial charge in [0.25, 0.3) is 0 Å². The molecule has 0 bridgehead atoms. The van der Waals surface area contributed by atoms with Crippen molar-refractivity contribution in [3.8, 4) is 0 Å². The van der Waals surface area contributed by atoms with Crippen molar-refractivity contribution < 1.29 is 5.11 Å². The summed E-state index contributed by atoms with van der Waals surface area (Å²) in [5.74, 6) is 3.22. The molecule has 0 aromatic carbocycles. The number of hydrogen-bond acceptors (Lipinski definition) is 2. The minimum Gasteiger partial charge on any atom is -0.393 e. The lowest BCUT2D eigenvalue weighted by Gasteiger charge is -2.53. The number of pyridine rings is 1. The van der Waals surface area contributed by atoms with E-state index in [1.807, 2.05) is 12.4 Å². The molecule has 2 heteroatoms. The summed E-state index contributed by atoms with van der Waals surface area (Å²) in [4.78, 5) is 4.37. The van der Waals surface area contributed by atoms with Crippen LogP contribution in [0.25, 0.3) is 5.57 Å². The fraction of sp³-hybridized carbons (Fsp3) is 0.609. The van der Waals surface area contributed by atoms with Crippen LogP contribution in [0.4, 0.5) is 0 Å². The summed E-state index contributed by atoms with van der Waals surface area (Å²) in [5, 5.41) is 10.0. The Morgan fingerprint density at radius 1 is 1.12 bits per heavy atom.